The SMILES string of the molecule is Cc1nc2ccc(Cl)cc2c(=O)n1-c1ccc(C(=O)NN)c(O)c1. The summed E-state index contributed by atoms with van der Waals surface area (Å²) in [7, 11) is 0. The lowest BCUT2D eigenvalue weighted by Crippen LogP contribution is -2.30. The number of aromatic hydroxyl groups is 1. The minimum atomic E-state index is -0.633. The van der Waals surface area contributed by atoms with Crippen LogP contribution in [-0.2, 0) is 0 Å². The van der Waals surface area contributed by atoms with Crippen LogP contribution in [0.3, 0.4) is 0 Å². The first-order valence-corrected chi connectivity index (χ1v) is 7.33. The average Bonchev–Trinajstić information content (AvgIpc) is 2.55. The Bertz CT molecular complexity index is 1030. The molecular formula is C16H13ClN4O3. The van der Waals surface area contributed by atoms with Gasteiger partial charge in [-0.2, -0.15) is 0 Å². The largest absolute Gasteiger partial charge is 0.507 e. The lowest BCUT2D eigenvalue weighted by Gasteiger charge is -2.12. The molecule has 3 aromatic rings. The summed E-state index contributed by atoms with van der Waals surface area (Å²) in [6, 6.07) is 9.07. The second kappa shape index (κ2) is 5.95. The number of carbonyl (C=O) groups is 1. The van der Waals surface area contributed by atoms with Gasteiger partial charge in [0.25, 0.3) is 11.5 Å². The van der Waals surface area contributed by atoms with Crippen LogP contribution in [0.15, 0.2) is 41.2 Å². The minimum absolute atomic E-state index is 0.00347. The highest BCUT2D eigenvalue weighted by Crippen LogP contribution is 2.22. The van der Waals surface area contributed by atoms with Gasteiger partial charge >= 0.3 is 0 Å². The molecule has 7 nitrogen and oxygen atoms in total. The fourth-order valence-electron chi connectivity index (χ4n) is 2.50. The maximum atomic E-state index is 12.8. The van der Waals surface area contributed by atoms with Crippen LogP contribution in [0.25, 0.3) is 16.6 Å². The molecule has 0 aliphatic carbocycles. The Hall–Kier alpha value is -2.90. The second-order valence-corrected chi connectivity index (χ2v) is 5.57. The lowest BCUT2D eigenvalue weighted by atomic mass is 10.1. The molecule has 3 rings (SSSR count). The van der Waals surface area contributed by atoms with Crippen LogP contribution in [0.2, 0.25) is 5.02 Å². The monoisotopic (exact) mass is 344 g/mol. The standard InChI is InChI=1S/C16H13ClN4O3/c1-8-19-13-5-2-9(17)6-12(13)16(24)21(8)10-3-4-11(14(22)7-10)15(23)20-18/h2-7,22H,18H2,1H3,(H,20,23). The summed E-state index contributed by atoms with van der Waals surface area (Å²) in [5, 5.41) is 10.8. The third-order valence-electron chi connectivity index (χ3n) is 3.61. The molecule has 1 heterocycles. The number of hydrogen-bond donors (Lipinski definition) is 3. The topological polar surface area (TPSA) is 110 Å². The molecule has 0 aliphatic heterocycles. The highest BCUT2D eigenvalue weighted by Gasteiger charge is 2.14. The van der Waals surface area contributed by atoms with E-state index in [2.05, 4.69) is 4.98 Å². The number of phenols is 1. The number of carbonyl (C=O) groups excluding carboxylic acids is 1. The molecule has 0 unspecified atom stereocenters. The average molecular weight is 345 g/mol. The summed E-state index contributed by atoms with van der Waals surface area (Å²) in [5.41, 5.74) is 2.52. The van der Waals surface area contributed by atoms with Crippen LogP contribution in [-0.4, -0.2) is 20.6 Å². The molecule has 0 fully saturated rings. The maximum Gasteiger partial charge on any atom is 0.268 e. The number of aryl methyl sites for hydroxylation is 1. The van der Waals surface area contributed by atoms with E-state index < -0.39 is 5.91 Å². The van der Waals surface area contributed by atoms with Gasteiger partial charge in [-0.3, -0.25) is 19.6 Å². The number of nitrogen functional groups attached to an aromatic ring is 1. The smallest absolute Gasteiger partial charge is 0.268 e. The highest BCUT2D eigenvalue weighted by molar-refractivity contribution is 6.31. The van der Waals surface area contributed by atoms with E-state index in [4.69, 9.17) is 17.4 Å². The van der Waals surface area contributed by atoms with E-state index >= 15 is 0 Å². The Morgan fingerprint density at radius 2 is 2.04 bits per heavy atom. The second-order valence-electron chi connectivity index (χ2n) is 5.14. The Labute approximate surface area is 141 Å². The van der Waals surface area contributed by atoms with Crippen molar-refractivity contribution in [2.45, 2.75) is 6.92 Å². The molecule has 0 saturated carbocycles. The first kappa shape index (κ1) is 16.0. The van der Waals surface area contributed by atoms with Gasteiger partial charge in [0.15, 0.2) is 0 Å². The number of hydrogen-bond acceptors (Lipinski definition) is 5. The van der Waals surface area contributed by atoms with E-state index in [9.17, 15) is 14.7 Å². The van der Waals surface area contributed by atoms with E-state index in [0.29, 0.717) is 27.4 Å². The van der Waals surface area contributed by atoms with Crippen molar-refractivity contribution < 1.29 is 9.90 Å². The van der Waals surface area contributed by atoms with Crippen LogP contribution in [0.5, 0.6) is 5.75 Å². The molecule has 4 N–H and O–H groups in total. The van der Waals surface area contributed by atoms with Crippen molar-refractivity contribution in [1.82, 2.24) is 15.0 Å². The number of aromatic nitrogens is 2. The van der Waals surface area contributed by atoms with Crippen LogP contribution >= 0.6 is 11.6 Å². The van der Waals surface area contributed by atoms with Gasteiger partial charge in [0, 0.05) is 11.1 Å². The molecule has 2 aromatic carbocycles. The molecule has 1 amide bonds. The number of halogens is 1. The molecule has 122 valence electrons. The first-order valence-electron chi connectivity index (χ1n) is 6.95. The number of nitrogens with two attached hydrogens (primary N) is 1. The fourth-order valence-corrected chi connectivity index (χ4v) is 2.67. The van der Waals surface area contributed by atoms with Gasteiger partial charge in [0.05, 0.1) is 22.2 Å². The number of hydrazine groups is 1. The van der Waals surface area contributed by atoms with Gasteiger partial charge in [0.1, 0.15) is 11.6 Å². The van der Waals surface area contributed by atoms with Crippen LogP contribution in [0, 0.1) is 6.92 Å². The van der Waals surface area contributed by atoms with Crippen molar-refractivity contribution in [3.8, 4) is 11.4 Å². The summed E-state index contributed by atoms with van der Waals surface area (Å²) < 4.78 is 1.34. The molecule has 0 radical (unpaired) electrons. The number of rotatable bonds is 2. The summed E-state index contributed by atoms with van der Waals surface area (Å²) in [5.74, 6) is 4.56. The van der Waals surface area contributed by atoms with Crippen molar-refractivity contribution >= 4 is 28.4 Å². The number of nitrogens with one attached hydrogen (secondary N) is 1. The van der Waals surface area contributed by atoms with Crippen molar-refractivity contribution in [1.29, 1.82) is 0 Å². The third kappa shape index (κ3) is 2.60. The van der Waals surface area contributed by atoms with Crippen molar-refractivity contribution in [2.75, 3.05) is 0 Å². The van der Waals surface area contributed by atoms with Crippen molar-refractivity contribution in [3.05, 3.63) is 63.2 Å². The zero-order valence-electron chi connectivity index (χ0n) is 12.6. The predicted octanol–water partition coefficient (Wildman–Crippen LogP) is 1.66. The van der Waals surface area contributed by atoms with E-state index in [1.807, 2.05) is 5.43 Å². The Morgan fingerprint density at radius 1 is 1.29 bits per heavy atom. The summed E-state index contributed by atoms with van der Waals surface area (Å²) >= 11 is 5.95. The normalized spacial score (nSPS) is 10.8. The van der Waals surface area contributed by atoms with E-state index in [1.54, 1.807) is 19.1 Å². The number of nitrogens with zero attached hydrogens (tertiary/aromatic N) is 2. The third-order valence-corrected chi connectivity index (χ3v) is 3.85. The number of amides is 1. The summed E-state index contributed by atoms with van der Waals surface area (Å²) in [6.45, 7) is 1.67. The Morgan fingerprint density at radius 3 is 2.71 bits per heavy atom. The van der Waals surface area contributed by atoms with Gasteiger partial charge in [-0.15, -0.1) is 0 Å². The Kier molecular flexibility index (Phi) is 3.96. The van der Waals surface area contributed by atoms with E-state index in [-0.39, 0.29) is 16.9 Å². The zero-order valence-corrected chi connectivity index (χ0v) is 13.3. The van der Waals surface area contributed by atoms with Gasteiger partial charge < -0.3 is 5.11 Å². The van der Waals surface area contributed by atoms with Crippen LogP contribution in [0.4, 0.5) is 0 Å². The van der Waals surface area contributed by atoms with Gasteiger partial charge in [0.2, 0.25) is 0 Å². The molecular weight excluding hydrogens is 332 g/mol. The molecule has 0 saturated heterocycles. The van der Waals surface area contributed by atoms with Crippen molar-refractivity contribution in [2.24, 2.45) is 5.84 Å². The zero-order chi connectivity index (χ0) is 17.4. The van der Waals surface area contributed by atoms with Gasteiger partial charge in [-0.1, -0.05) is 11.6 Å². The fraction of sp³-hybridized carbons (Fsp3) is 0.0625. The molecule has 8 heteroatoms. The maximum absolute atomic E-state index is 12.8. The summed E-state index contributed by atoms with van der Waals surface area (Å²) in [4.78, 5) is 28.7. The Balaban J connectivity index is 2.25. The van der Waals surface area contributed by atoms with Gasteiger partial charge in [-0.25, -0.2) is 10.8 Å². The van der Waals surface area contributed by atoms with E-state index in [1.165, 1.54) is 28.8 Å². The van der Waals surface area contributed by atoms with Crippen LogP contribution in [0.1, 0.15) is 16.2 Å². The molecule has 1 aromatic heterocycles. The number of fused-ring (bicyclic) bond motifs is 1. The molecule has 0 aliphatic rings. The van der Waals surface area contributed by atoms with E-state index in [0.717, 1.165) is 0 Å². The van der Waals surface area contributed by atoms with Crippen LogP contribution < -0.4 is 16.8 Å². The lowest BCUT2D eigenvalue weighted by molar-refractivity contribution is 0.0951. The number of phenolic OH excluding ortho intramolecular Hbond substituents is 1. The van der Waals surface area contributed by atoms with Gasteiger partial charge in [-0.05, 0) is 37.3 Å². The quantitative estimate of drug-likeness (QED) is 0.372. The molecule has 0 bridgehead atoms. The highest BCUT2D eigenvalue weighted by atomic mass is 35.5. The first-order chi connectivity index (χ1) is 11.4. The molecule has 0 atom stereocenters. The minimum Gasteiger partial charge on any atom is -0.507 e. The predicted molar refractivity (Wildman–Crippen MR) is 90.4 cm³/mol. The molecule has 24 heavy (non-hydrogen) atoms. The van der Waals surface area contributed by atoms with Crippen molar-refractivity contribution in [3.63, 3.8) is 0 Å². The number of benzene rings is 2. The molecule has 0 spiro atoms. The summed E-state index contributed by atoms with van der Waals surface area (Å²) in [6.07, 6.45) is 0.